The van der Waals surface area contributed by atoms with E-state index in [0.29, 0.717) is 24.4 Å². The molecule has 0 bridgehead atoms. The SMILES string of the molecule is CSc1nnnn1CCOC1=C(Cl)C(C(=O)OC2=CC(=O)CCC2)=CC(=S(=O)=O)C1C. The van der Waals surface area contributed by atoms with Crippen molar-refractivity contribution >= 4 is 50.3 Å². The minimum absolute atomic E-state index is 0.0451. The molecule has 10 nitrogen and oxygen atoms in total. The summed E-state index contributed by atoms with van der Waals surface area (Å²) in [4.78, 5) is 24.2. The fourth-order valence-electron chi connectivity index (χ4n) is 3.05. The molecule has 0 saturated heterocycles. The largest absolute Gasteiger partial charge is 0.494 e. The Hall–Kier alpha value is -2.44. The van der Waals surface area contributed by atoms with Gasteiger partial charge in [-0.2, -0.15) is 8.42 Å². The number of hydrogen-bond donors (Lipinski definition) is 0. The van der Waals surface area contributed by atoms with Crippen molar-refractivity contribution in [1.29, 1.82) is 0 Å². The number of rotatable bonds is 7. The summed E-state index contributed by atoms with van der Waals surface area (Å²) in [7, 11) is -2.61. The van der Waals surface area contributed by atoms with Crippen molar-refractivity contribution in [3.63, 3.8) is 0 Å². The number of carbonyl (C=O) groups is 2. The van der Waals surface area contributed by atoms with E-state index in [1.807, 2.05) is 6.26 Å². The van der Waals surface area contributed by atoms with E-state index in [0.717, 1.165) is 0 Å². The van der Waals surface area contributed by atoms with Crippen LogP contribution in [0.4, 0.5) is 0 Å². The summed E-state index contributed by atoms with van der Waals surface area (Å²) in [6, 6.07) is 0. The molecule has 1 atom stereocenters. The van der Waals surface area contributed by atoms with Crippen molar-refractivity contribution in [3.05, 3.63) is 34.3 Å². The molecule has 0 spiro atoms. The summed E-state index contributed by atoms with van der Waals surface area (Å²) in [6.45, 7) is 1.99. The van der Waals surface area contributed by atoms with Crippen molar-refractivity contribution < 1.29 is 27.5 Å². The first kappa shape index (κ1) is 23.2. The lowest BCUT2D eigenvalue weighted by atomic mass is 9.95. The Balaban J connectivity index is 1.82. The van der Waals surface area contributed by atoms with Gasteiger partial charge in [0.25, 0.3) is 0 Å². The predicted octanol–water partition coefficient (Wildman–Crippen LogP) is 1.67. The number of nitrogens with zero attached hydrogens (tertiary/aromatic N) is 4. The number of halogens is 1. The first-order valence-corrected chi connectivity index (χ1v) is 12.0. The second-order valence-corrected chi connectivity index (χ2v) is 8.74. The fourth-order valence-corrected chi connectivity index (χ4v) is 4.47. The van der Waals surface area contributed by atoms with E-state index in [1.54, 1.807) is 6.92 Å². The standard InChI is InChI=1S/C18H19ClN4O6S2/c1-10-14(31(26)27)9-13(17(25)29-12-5-3-4-11(24)8-12)15(19)16(10)28-7-6-23-18(30-2)20-21-22-23/h8-10H,3-7H2,1-2H3. The van der Waals surface area contributed by atoms with Crippen molar-refractivity contribution in [1.82, 2.24) is 20.2 Å². The molecule has 31 heavy (non-hydrogen) atoms. The van der Waals surface area contributed by atoms with Crippen LogP contribution >= 0.6 is 23.4 Å². The molecular formula is C18H19ClN4O6S2. The van der Waals surface area contributed by atoms with E-state index in [9.17, 15) is 18.0 Å². The second kappa shape index (κ2) is 10.2. The molecule has 1 heterocycles. The highest BCUT2D eigenvalue weighted by atomic mass is 35.5. The van der Waals surface area contributed by atoms with Gasteiger partial charge in [-0.1, -0.05) is 30.3 Å². The van der Waals surface area contributed by atoms with Crippen LogP contribution in [0.2, 0.25) is 0 Å². The molecule has 1 unspecified atom stereocenters. The summed E-state index contributed by atoms with van der Waals surface area (Å²) in [5.41, 5.74) is -0.153. The Kier molecular flexibility index (Phi) is 7.68. The third kappa shape index (κ3) is 5.43. The fraction of sp³-hybridized carbons (Fsp3) is 0.444. The molecule has 0 saturated carbocycles. The predicted molar refractivity (Wildman–Crippen MR) is 113 cm³/mol. The molecule has 0 aliphatic heterocycles. The molecule has 0 aromatic carbocycles. The van der Waals surface area contributed by atoms with E-state index in [-0.39, 0.29) is 45.9 Å². The maximum absolute atomic E-state index is 12.7. The van der Waals surface area contributed by atoms with Gasteiger partial charge >= 0.3 is 5.97 Å². The van der Waals surface area contributed by atoms with Crippen molar-refractivity contribution in [2.24, 2.45) is 5.92 Å². The zero-order chi connectivity index (χ0) is 22.5. The van der Waals surface area contributed by atoms with Crippen LogP contribution in [0.1, 0.15) is 26.2 Å². The van der Waals surface area contributed by atoms with Gasteiger partial charge in [0.05, 0.1) is 27.9 Å². The lowest BCUT2D eigenvalue weighted by Gasteiger charge is -2.23. The molecule has 2 aliphatic carbocycles. The summed E-state index contributed by atoms with van der Waals surface area (Å²) < 4.78 is 36.0. The molecule has 2 aliphatic rings. The molecule has 166 valence electrons. The van der Waals surface area contributed by atoms with Crippen LogP contribution < -0.4 is 0 Å². The maximum Gasteiger partial charge on any atom is 0.344 e. The number of ether oxygens (including phenoxy) is 2. The topological polar surface area (TPSA) is 130 Å². The molecule has 0 radical (unpaired) electrons. The van der Waals surface area contributed by atoms with Gasteiger partial charge in [-0.3, -0.25) is 4.79 Å². The zero-order valence-corrected chi connectivity index (χ0v) is 19.1. The van der Waals surface area contributed by atoms with Gasteiger partial charge in [0, 0.05) is 18.9 Å². The monoisotopic (exact) mass is 486 g/mol. The summed E-state index contributed by atoms with van der Waals surface area (Å²) in [5.74, 6) is -1.34. The third-order valence-corrected chi connectivity index (χ3v) is 6.51. The number of allylic oxidation sites excluding steroid dienone is 4. The Labute approximate surface area is 188 Å². The quantitative estimate of drug-likeness (QED) is 0.318. The number of tetrazole rings is 1. The highest BCUT2D eigenvalue weighted by Gasteiger charge is 2.32. The minimum Gasteiger partial charge on any atom is -0.494 e. The first-order valence-electron chi connectivity index (χ1n) is 9.28. The molecule has 0 amide bonds. The second-order valence-electron chi connectivity index (χ2n) is 6.65. The van der Waals surface area contributed by atoms with Crippen LogP contribution in [0.5, 0.6) is 0 Å². The third-order valence-electron chi connectivity index (χ3n) is 4.61. The average Bonchev–Trinajstić information content (AvgIpc) is 3.17. The van der Waals surface area contributed by atoms with Crippen LogP contribution in [0, 0.1) is 5.92 Å². The van der Waals surface area contributed by atoms with E-state index >= 15 is 0 Å². The van der Waals surface area contributed by atoms with Gasteiger partial charge in [-0.15, -0.1) is 5.10 Å². The van der Waals surface area contributed by atoms with Gasteiger partial charge in [0.15, 0.2) is 5.78 Å². The number of carbonyl (C=O) groups excluding carboxylic acids is 2. The Bertz CT molecular complexity index is 1130. The Morgan fingerprint density at radius 3 is 2.81 bits per heavy atom. The average molecular weight is 487 g/mol. The van der Waals surface area contributed by atoms with Gasteiger partial charge in [0.1, 0.15) is 18.1 Å². The van der Waals surface area contributed by atoms with Crippen LogP contribution in [0.3, 0.4) is 0 Å². The lowest BCUT2D eigenvalue weighted by molar-refractivity contribution is -0.135. The number of ketones is 1. The number of thioether (sulfide) groups is 1. The summed E-state index contributed by atoms with van der Waals surface area (Å²) >= 11 is 7.77. The van der Waals surface area contributed by atoms with Crippen molar-refractivity contribution in [2.45, 2.75) is 37.9 Å². The smallest absolute Gasteiger partial charge is 0.344 e. The van der Waals surface area contributed by atoms with E-state index < -0.39 is 22.2 Å². The van der Waals surface area contributed by atoms with Crippen LogP contribution in [0.15, 0.2) is 39.4 Å². The van der Waals surface area contributed by atoms with E-state index in [1.165, 1.54) is 28.6 Å². The lowest BCUT2D eigenvalue weighted by Crippen LogP contribution is -2.25. The van der Waals surface area contributed by atoms with Crippen LogP contribution in [0.25, 0.3) is 0 Å². The number of hydrogen-bond acceptors (Lipinski definition) is 10. The molecule has 0 fully saturated rings. The van der Waals surface area contributed by atoms with Gasteiger partial charge in [-0.25, -0.2) is 9.48 Å². The van der Waals surface area contributed by atoms with Crippen molar-refractivity contribution in [2.75, 3.05) is 12.9 Å². The molecule has 13 heteroatoms. The number of aromatic nitrogens is 4. The molecule has 3 rings (SSSR count). The van der Waals surface area contributed by atoms with E-state index in [2.05, 4.69) is 15.5 Å². The zero-order valence-electron chi connectivity index (χ0n) is 16.7. The van der Waals surface area contributed by atoms with Gasteiger partial charge in [-0.05, 0) is 29.2 Å². The molecular weight excluding hydrogens is 468 g/mol. The first-order chi connectivity index (χ1) is 14.8. The minimum atomic E-state index is -2.61. The van der Waals surface area contributed by atoms with E-state index in [4.69, 9.17) is 21.1 Å². The van der Waals surface area contributed by atoms with Gasteiger partial charge < -0.3 is 9.47 Å². The Morgan fingerprint density at radius 1 is 1.35 bits per heavy atom. The molecule has 0 N–H and O–H groups in total. The molecule has 1 aromatic rings. The Morgan fingerprint density at radius 2 is 2.13 bits per heavy atom. The van der Waals surface area contributed by atoms with Crippen LogP contribution in [-0.4, -0.2) is 58.1 Å². The highest BCUT2D eigenvalue weighted by Crippen LogP contribution is 2.33. The normalized spacial score (nSPS) is 19.1. The molecule has 1 aromatic heterocycles. The maximum atomic E-state index is 12.7. The number of esters is 1. The van der Waals surface area contributed by atoms with Crippen molar-refractivity contribution in [3.8, 4) is 0 Å². The van der Waals surface area contributed by atoms with Crippen LogP contribution in [-0.2, 0) is 35.9 Å². The van der Waals surface area contributed by atoms with Gasteiger partial charge in [0.2, 0.25) is 15.4 Å². The summed E-state index contributed by atoms with van der Waals surface area (Å²) in [5, 5.41) is 11.8. The summed E-state index contributed by atoms with van der Waals surface area (Å²) in [6.07, 6.45) is 5.67. The highest BCUT2D eigenvalue weighted by molar-refractivity contribution is 7.98.